The molecule has 3 amide bonds. The molecule has 0 radical (unpaired) electrons. The van der Waals surface area contributed by atoms with Gasteiger partial charge in [0.05, 0.1) is 12.1 Å². The van der Waals surface area contributed by atoms with Gasteiger partial charge in [0.25, 0.3) is 0 Å². The molecule has 1 N–H and O–H groups in total. The van der Waals surface area contributed by atoms with Crippen LogP contribution in [0, 0.1) is 11.8 Å². The quantitative estimate of drug-likeness (QED) is 0.242. The van der Waals surface area contributed by atoms with E-state index in [-0.39, 0.29) is 53.7 Å². The van der Waals surface area contributed by atoms with E-state index in [2.05, 4.69) is 17.1 Å². The molecule has 9 heteroatoms. The number of nitrogens with zero attached hydrogens (tertiary/aromatic N) is 3. The number of nitrogens with one attached hydrogen (secondary N) is 1. The van der Waals surface area contributed by atoms with Crippen molar-refractivity contribution in [2.24, 2.45) is 11.8 Å². The van der Waals surface area contributed by atoms with Gasteiger partial charge in [0.1, 0.15) is 18.2 Å². The summed E-state index contributed by atoms with van der Waals surface area (Å²) in [6.07, 6.45) is 7.20. The van der Waals surface area contributed by atoms with Crippen molar-refractivity contribution >= 4 is 23.7 Å². The molecule has 250 valence electrons. The summed E-state index contributed by atoms with van der Waals surface area (Å²) in [6.45, 7) is 13.0. The highest BCUT2D eigenvalue weighted by Gasteiger charge is 2.38. The lowest BCUT2D eigenvalue weighted by Crippen LogP contribution is -2.57. The number of rotatable bonds is 13. The Bertz CT molecular complexity index is 1180. The number of hydrogen-bond acceptors (Lipinski definition) is 6. The van der Waals surface area contributed by atoms with Crippen LogP contribution in [-0.4, -0.2) is 89.7 Å². The van der Waals surface area contributed by atoms with E-state index >= 15 is 0 Å². The van der Waals surface area contributed by atoms with Crippen molar-refractivity contribution in [1.82, 2.24) is 20.0 Å². The van der Waals surface area contributed by atoms with Crippen molar-refractivity contribution < 1.29 is 23.9 Å². The second-order valence-corrected chi connectivity index (χ2v) is 13.5. The molecule has 0 bridgehead atoms. The molecule has 2 fully saturated rings. The smallest absolute Gasteiger partial charge is 0.329 e. The average Bonchev–Trinajstić information content (AvgIpc) is 3.51. The predicted molar refractivity (Wildman–Crippen MR) is 177 cm³/mol. The molecular weight excluding hydrogens is 568 g/mol. The second-order valence-electron chi connectivity index (χ2n) is 13.5. The van der Waals surface area contributed by atoms with Crippen molar-refractivity contribution in [3.8, 4) is 0 Å². The molecule has 3 rings (SSSR count). The first-order chi connectivity index (χ1) is 21.4. The molecule has 1 aromatic rings. The van der Waals surface area contributed by atoms with Crippen LogP contribution >= 0.6 is 0 Å². The lowest BCUT2D eigenvalue weighted by molar-refractivity contribution is -0.158. The van der Waals surface area contributed by atoms with Gasteiger partial charge in [-0.2, -0.15) is 0 Å². The van der Waals surface area contributed by atoms with E-state index in [4.69, 9.17) is 4.74 Å². The number of amides is 3. The van der Waals surface area contributed by atoms with Crippen LogP contribution in [0.3, 0.4) is 0 Å². The third kappa shape index (κ3) is 9.41. The first kappa shape index (κ1) is 36.3. The number of esters is 1. The molecule has 2 aliphatic rings. The molecule has 1 aromatic carbocycles. The highest BCUT2D eigenvalue weighted by molar-refractivity contribution is 5.96. The summed E-state index contributed by atoms with van der Waals surface area (Å²) < 4.78 is 6.00. The van der Waals surface area contributed by atoms with E-state index in [9.17, 15) is 19.2 Å². The van der Waals surface area contributed by atoms with E-state index in [1.54, 1.807) is 23.8 Å². The zero-order chi connectivity index (χ0) is 33.3. The molecular formula is C36H56N4O5. The van der Waals surface area contributed by atoms with Gasteiger partial charge in [0.2, 0.25) is 17.7 Å². The molecule has 5 atom stereocenters. The second kappa shape index (κ2) is 16.9. The Balaban J connectivity index is 1.73. The maximum atomic E-state index is 13.9. The highest BCUT2D eigenvalue weighted by Crippen LogP contribution is 2.28. The van der Waals surface area contributed by atoms with Crippen molar-refractivity contribution in [2.45, 2.75) is 117 Å². The van der Waals surface area contributed by atoms with Crippen LogP contribution in [0.2, 0.25) is 0 Å². The third-order valence-electron chi connectivity index (χ3n) is 9.31. The Labute approximate surface area is 270 Å². The van der Waals surface area contributed by atoms with Gasteiger partial charge in [0, 0.05) is 19.2 Å². The van der Waals surface area contributed by atoms with Gasteiger partial charge in [-0.05, 0) is 70.0 Å². The minimum absolute atomic E-state index is 0.00899. The van der Waals surface area contributed by atoms with Gasteiger partial charge < -0.3 is 19.9 Å². The van der Waals surface area contributed by atoms with Crippen molar-refractivity contribution in [1.29, 1.82) is 0 Å². The summed E-state index contributed by atoms with van der Waals surface area (Å²) in [7, 11) is 3.70. The Hall–Kier alpha value is -3.20. The Kier molecular flexibility index (Phi) is 13.6. The summed E-state index contributed by atoms with van der Waals surface area (Å²) in [5.74, 6) is -0.987. The monoisotopic (exact) mass is 624 g/mol. The normalized spacial score (nSPS) is 21.4. The van der Waals surface area contributed by atoms with Crippen LogP contribution in [0.5, 0.6) is 0 Å². The standard InChI is InChI=1S/C36H56N4O5/c1-9-16-31(27-17-11-10-12-18-27)45-36(44)29-20-15-22-40(29)34(42)26(6)23-30(24(2)3)39(8)35(43)32(25(4)5)37-33(41)28-19-13-14-21-38(28)7/h10-12,17-18,23-25,28-32H,9,13-16,19-22H2,1-8H3,(H,37,41)/t28-,29+,30-,31+,32+/m1/s1. The summed E-state index contributed by atoms with van der Waals surface area (Å²) in [5, 5.41) is 3.05. The molecule has 45 heavy (non-hydrogen) atoms. The average molecular weight is 625 g/mol. The zero-order valence-electron chi connectivity index (χ0n) is 28.8. The number of carbonyl (C=O) groups is 4. The largest absolute Gasteiger partial charge is 0.456 e. The van der Waals surface area contributed by atoms with Gasteiger partial charge in [-0.15, -0.1) is 0 Å². The van der Waals surface area contributed by atoms with Crippen LogP contribution in [-0.2, 0) is 23.9 Å². The predicted octanol–water partition coefficient (Wildman–Crippen LogP) is 5.12. The fourth-order valence-corrected chi connectivity index (χ4v) is 6.54. The van der Waals surface area contributed by atoms with Gasteiger partial charge >= 0.3 is 5.97 Å². The van der Waals surface area contributed by atoms with Gasteiger partial charge in [0.15, 0.2) is 0 Å². The first-order valence-electron chi connectivity index (χ1n) is 16.9. The lowest BCUT2D eigenvalue weighted by Gasteiger charge is -2.36. The molecule has 0 spiro atoms. The topological polar surface area (TPSA) is 99.3 Å². The molecule has 2 saturated heterocycles. The van der Waals surface area contributed by atoms with Gasteiger partial charge in [-0.3, -0.25) is 19.3 Å². The van der Waals surface area contributed by atoms with Crippen molar-refractivity contribution in [2.75, 3.05) is 27.2 Å². The van der Waals surface area contributed by atoms with Crippen LogP contribution in [0.25, 0.3) is 0 Å². The van der Waals surface area contributed by atoms with Gasteiger partial charge in [-0.1, -0.05) is 83.9 Å². The number of likely N-dealkylation sites (N-methyl/N-ethyl adjacent to an activating group) is 2. The van der Waals surface area contributed by atoms with E-state index in [0.717, 1.165) is 44.2 Å². The molecule has 0 aliphatic carbocycles. The van der Waals surface area contributed by atoms with Crippen LogP contribution < -0.4 is 5.32 Å². The lowest BCUT2D eigenvalue weighted by atomic mass is 9.96. The van der Waals surface area contributed by atoms with Crippen molar-refractivity contribution in [3.05, 3.63) is 47.5 Å². The van der Waals surface area contributed by atoms with Crippen molar-refractivity contribution in [3.63, 3.8) is 0 Å². The number of likely N-dealkylation sites (tertiary alicyclic amines) is 2. The SMILES string of the molecule is CCC[C@H](OC(=O)[C@@H]1CCCN1C(=O)C(C)=C[C@H](C(C)C)N(C)C(=O)[C@@H](NC(=O)[C@H]1CCCCN1C)C(C)C)c1ccccc1. The summed E-state index contributed by atoms with van der Waals surface area (Å²) in [4.78, 5) is 59.6. The summed E-state index contributed by atoms with van der Waals surface area (Å²) >= 11 is 0. The Morgan fingerprint density at radius 1 is 0.978 bits per heavy atom. The fourth-order valence-electron chi connectivity index (χ4n) is 6.54. The van der Waals surface area contributed by atoms with Crippen LogP contribution in [0.4, 0.5) is 0 Å². The number of benzene rings is 1. The van der Waals surface area contributed by atoms with E-state index in [0.29, 0.717) is 25.0 Å². The highest BCUT2D eigenvalue weighted by atomic mass is 16.5. The van der Waals surface area contributed by atoms with Crippen LogP contribution in [0.1, 0.15) is 98.2 Å². The molecule has 2 aliphatic heterocycles. The van der Waals surface area contributed by atoms with Gasteiger partial charge in [-0.25, -0.2) is 4.79 Å². The maximum Gasteiger partial charge on any atom is 0.329 e. The van der Waals surface area contributed by atoms with E-state index < -0.39 is 12.1 Å². The molecule has 9 nitrogen and oxygen atoms in total. The molecule has 0 saturated carbocycles. The minimum atomic E-state index is -0.679. The molecule has 0 aromatic heterocycles. The first-order valence-corrected chi connectivity index (χ1v) is 16.9. The van der Waals surface area contributed by atoms with Crippen LogP contribution in [0.15, 0.2) is 42.0 Å². The van der Waals surface area contributed by atoms with E-state index in [1.807, 2.05) is 71.2 Å². The number of carbonyl (C=O) groups excluding carboxylic acids is 4. The Morgan fingerprint density at radius 3 is 2.24 bits per heavy atom. The molecule has 0 unspecified atom stereocenters. The maximum absolute atomic E-state index is 13.9. The fraction of sp³-hybridized carbons (Fsp3) is 0.667. The summed E-state index contributed by atoms with van der Waals surface area (Å²) in [6, 6.07) is 7.81. The molecule has 2 heterocycles. The number of ether oxygens (including phenoxy) is 1. The van der Waals surface area contributed by atoms with E-state index in [1.165, 1.54) is 0 Å². The Morgan fingerprint density at radius 2 is 1.64 bits per heavy atom. The minimum Gasteiger partial charge on any atom is -0.456 e. The third-order valence-corrected chi connectivity index (χ3v) is 9.31. The number of piperidine rings is 1. The number of hydrogen-bond donors (Lipinski definition) is 1. The summed E-state index contributed by atoms with van der Waals surface area (Å²) in [5.41, 5.74) is 1.43. The zero-order valence-corrected chi connectivity index (χ0v) is 28.8.